The molecule has 1 fully saturated rings. The van der Waals surface area contributed by atoms with Gasteiger partial charge in [-0.2, -0.15) is 0 Å². The van der Waals surface area contributed by atoms with E-state index in [1.807, 2.05) is 0 Å². The lowest BCUT2D eigenvalue weighted by atomic mass is 9.93. The first-order valence-corrected chi connectivity index (χ1v) is 7.78. The second-order valence-electron chi connectivity index (χ2n) is 5.48. The molecule has 1 aromatic carbocycles. The van der Waals surface area contributed by atoms with Gasteiger partial charge in [0.2, 0.25) is 0 Å². The molecule has 6 heteroatoms. The van der Waals surface area contributed by atoms with Crippen molar-refractivity contribution in [3.8, 4) is 0 Å². The number of hydrogen-bond acceptors (Lipinski definition) is 3. The molecule has 1 aromatic rings. The summed E-state index contributed by atoms with van der Waals surface area (Å²) in [6.45, 7) is 1.74. The van der Waals surface area contributed by atoms with Crippen molar-refractivity contribution in [3.63, 3.8) is 0 Å². The Morgan fingerprint density at radius 3 is 2.29 bits per heavy atom. The summed E-state index contributed by atoms with van der Waals surface area (Å²) in [6, 6.07) is 4.96. The highest BCUT2D eigenvalue weighted by molar-refractivity contribution is 6.34. The van der Waals surface area contributed by atoms with E-state index in [2.05, 4.69) is 4.90 Å². The van der Waals surface area contributed by atoms with E-state index in [-0.39, 0.29) is 19.1 Å². The minimum Gasteiger partial charge on any atom is -0.481 e. The smallest absolute Gasteiger partial charge is 0.305 e. The third-order valence-electron chi connectivity index (χ3n) is 3.99. The molecule has 0 radical (unpaired) electrons. The Morgan fingerprint density at radius 1 is 1.24 bits per heavy atom. The molecule has 4 nitrogen and oxygen atoms in total. The zero-order valence-electron chi connectivity index (χ0n) is 11.6. The molecule has 1 atom stereocenters. The van der Waals surface area contributed by atoms with Gasteiger partial charge in [-0.25, -0.2) is 0 Å². The van der Waals surface area contributed by atoms with Crippen LogP contribution in [-0.4, -0.2) is 40.8 Å². The maximum absolute atomic E-state index is 11.2. The van der Waals surface area contributed by atoms with Gasteiger partial charge < -0.3 is 10.2 Å². The van der Waals surface area contributed by atoms with E-state index in [1.54, 1.807) is 18.2 Å². The molecule has 1 heterocycles. The second kappa shape index (κ2) is 7.45. The number of piperidine rings is 1. The number of hydrogen-bond donors (Lipinski definition) is 2. The zero-order valence-corrected chi connectivity index (χ0v) is 13.1. The summed E-state index contributed by atoms with van der Waals surface area (Å²) in [5.74, 6) is -0.532. The minimum atomic E-state index is -0.847. The molecule has 0 bridgehead atoms. The number of aliphatic carboxylic acids is 1. The molecular weight excluding hydrogens is 313 g/mol. The second-order valence-corrected chi connectivity index (χ2v) is 6.35. The molecule has 0 aliphatic carbocycles. The van der Waals surface area contributed by atoms with Gasteiger partial charge in [-0.1, -0.05) is 23.2 Å². The van der Waals surface area contributed by atoms with Gasteiger partial charge in [-0.05, 0) is 55.6 Å². The van der Waals surface area contributed by atoms with Crippen LogP contribution in [0, 0.1) is 5.92 Å². The molecule has 1 saturated heterocycles. The quantitative estimate of drug-likeness (QED) is 0.869. The topological polar surface area (TPSA) is 60.8 Å². The third kappa shape index (κ3) is 4.58. The lowest BCUT2D eigenvalue weighted by Crippen LogP contribution is -2.38. The fourth-order valence-electron chi connectivity index (χ4n) is 2.84. The Balaban J connectivity index is 2.20. The van der Waals surface area contributed by atoms with Crippen LogP contribution in [0.25, 0.3) is 0 Å². The SMILES string of the molecule is O=C(O)CC(c1cc(Cl)cc(Cl)c1)N1CCC(CO)CC1. The van der Waals surface area contributed by atoms with Crippen LogP contribution in [-0.2, 0) is 4.79 Å². The van der Waals surface area contributed by atoms with Crippen molar-refractivity contribution in [2.45, 2.75) is 25.3 Å². The first kappa shape index (κ1) is 16.6. The fraction of sp³-hybridized carbons (Fsp3) is 0.533. The van der Waals surface area contributed by atoms with E-state index in [0.29, 0.717) is 16.0 Å². The van der Waals surface area contributed by atoms with E-state index in [9.17, 15) is 15.0 Å². The van der Waals surface area contributed by atoms with Gasteiger partial charge in [0.1, 0.15) is 0 Å². The van der Waals surface area contributed by atoms with Crippen molar-refractivity contribution in [2.24, 2.45) is 5.92 Å². The van der Waals surface area contributed by atoms with E-state index >= 15 is 0 Å². The van der Waals surface area contributed by atoms with Crippen molar-refractivity contribution in [1.29, 1.82) is 0 Å². The van der Waals surface area contributed by atoms with Gasteiger partial charge in [0.15, 0.2) is 0 Å². The van der Waals surface area contributed by atoms with E-state index in [4.69, 9.17) is 23.2 Å². The Bertz CT molecular complexity index is 481. The molecule has 2 rings (SSSR count). The number of carbonyl (C=O) groups is 1. The summed E-state index contributed by atoms with van der Waals surface area (Å²) in [6.07, 6.45) is 1.77. The van der Waals surface area contributed by atoms with E-state index in [1.165, 1.54) is 0 Å². The minimum absolute atomic E-state index is 0.0143. The fourth-order valence-corrected chi connectivity index (χ4v) is 3.38. The van der Waals surface area contributed by atoms with Gasteiger partial charge in [-0.3, -0.25) is 9.69 Å². The average Bonchev–Trinajstić information content (AvgIpc) is 2.43. The molecule has 2 N–H and O–H groups in total. The highest BCUT2D eigenvalue weighted by Gasteiger charge is 2.28. The van der Waals surface area contributed by atoms with Crippen LogP contribution in [0.1, 0.15) is 30.9 Å². The number of aliphatic hydroxyl groups excluding tert-OH is 1. The van der Waals surface area contributed by atoms with Gasteiger partial charge >= 0.3 is 5.97 Å². The van der Waals surface area contributed by atoms with E-state index < -0.39 is 5.97 Å². The molecule has 116 valence electrons. The van der Waals surface area contributed by atoms with Crippen LogP contribution in [0.3, 0.4) is 0 Å². The van der Waals surface area contributed by atoms with Crippen LogP contribution in [0.2, 0.25) is 10.0 Å². The summed E-state index contributed by atoms with van der Waals surface area (Å²) in [4.78, 5) is 13.3. The molecule has 1 aliphatic rings. The number of halogens is 2. The number of carboxylic acid groups (broad SMARTS) is 1. The summed E-state index contributed by atoms with van der Waals surface area (Å²) in [7, 11) is 0. The van der Waals surface area contributed by atoms with Gasteiger partial charge in [-0.15, -0.1) is 0 Å². The van der Waals surface area contributed by atoms with Gasteiger partial charge in [0, 0.05) is 22.7 Å². The lowest BCUT2D eigenvalue weighted by Gasteiger charge is -2.37. The number of likely N-dealkylation sites (tertiary alicyclic amines) is 1. The van der Waals surface area contributed by atoms with Crippen LogP contribution < -0.4 is 0 Å². The largest absolute Gasteiger partial charge is 0.481 e. The Kier molecular flexibility index (Phi) is 5.88. The highest BCUT2D eigenvalue weighted by Crippen LogP contribution is 2.32. The summed E-state index contributed by atoms with van der Waals surface area (Å²) >= 11 is 12.1. The van der Waals surface area contributed by atoms with E-state index in [0.717, 1.165) is 31.5 Å². The lowest BCUT2D eigenvalue weighted by molar-refractivity contribution is -0.138. The zero-order chi connectivity index (χ0) is 15.4. The third-order valence-corrected chi connectivity index (χ3v) is 4.42. The number of aliphatic hydroxyl groups is 1. The molecule has 21 heavy (non-hydrogen) atoms. The van der Waals surface area contributed by atoms with Crippen LogP contribution in [0.15, 0.2) is 18.2 Å². The monoisotopic (exact) mass is 331 g/mol. The first-order valence-electron chi connectivity index (χ1n) is 7.02. The maximum atomic E-state index is 11.2. The van der Waals surface area contributed by atoms with Crippen molar-refractivity contribution < 1.29 is 15.0 Å². The van der Waals surface area contributed by atoms with Crippen LogP contribution in [0.5, 0.6) is 0 Å². The Morgan fingerprint density at radius 2 is 1.81 bits per heavy atom. The predicted molar refractivity (Wildman–Crippen MR) is 82.8 cm³/mol. The molecule has 0 saturated carbocycles. The van der Waals surface area contributed by atoms with Gasteiger partial charge in [0.25, 0.3) is 0 Å². The Labute approximate surface area is 134 Å². The molecule has 0 amide bonds. The molecule has 0 spiro atoms. The van der Waals surface area contributed by atoms with Crippen LogP contribution in [0.4, 0.5) is 0 Å². The number of benzene rings is 1. The van der Waals surface area contributed by atoms with Crippen molar-refractivity contribution in [1.82, 2.24) is 4.90 Å². The molecule has 0 aromatic heterocycles. The standard InChI is InChI=1S/C15H19Cl2NO3/c16-12-5-11(6-13(17)7-12)14(8-15(20)21)18-3-1-10(9-19)2-4-18/h5-7,10,14,19H,1-4,8-9H2,(H,20,21). The highest BCUT2D eigenvalue weighted by atomic mass is 35.5. The maximum Gasteiger partial charge on any atom is 0.305 e. The normalized spacial score (nSPS) is 18.6. The number of carboxylic acids is 1. The average molecular weight is 332 g/mol. The van der Waals surface area contributed by atoms with Gasteiger partial charge in [0.05, 0.1) is 6.42 Å². The summed E-state index contributed by atoms with van der Waals surface area (Å²) in [5.41, 5.74) is 0.831. The molecular formula is C15H19Cl2NO3. The molecule has 1 aliphatic heterocycles. The van der Waals surface area contributed by atoms with Crippen molar-refractivity contribution in [2.75, 3.05) is 19.7 Å². The van der Waals surface area contributed by atoms with Crippen LogP contribution >= 0.6 is 23.2 Å². The van der Waals surface area contributed by atoms with Crippen molar-refractivity contribution >= 4 is 29.2 Å². The molecule has 1 unspecified atom stereocenters. The van der Waals surface area contributed by atoms with Crippen molar-refractivity contribution in [3.05, 3.63) is 33.8 Å². The number of nitrogens with zero attached hydrogens (tertiary/aromatic N) is 1. The predicted octanol–water partition coefficient (Wildman–Crippen LogP) is 3.21. The Hall–Kier alpha value is -0.810. The number of rotatable bonds is 5. The first-order chi connectivity index (χ1) is 9.99. The summed E-state index contributed by atoms with van der Waals surface area (Å²) in [5, 5.41) is 19.4. The summed E-state index contributed by atoms with van der Waals surface area (Å²) < 4.78 is 0.